The van der Waals surface area contributed by atoms with Crippen LogP contribution in [0.15, 0.2) is 66.4 Å². The van der Waals surface area contributed by atoms with E-state index >= 15 is 0 Å². The molecule has 11 nitrogen and oxygen atoms in total. The van der Waals surface area contributed by atoms with Gasteiger partial charge in [0.1, 0.15) is 18.8 Å². The number of amides is 4. The number of nitro groups is 1. The average molecular weight is 551 g/mol. The molecule has 0 saturated carbocycles. The van der Waals surface area contributed by atoms with E-state index in [0.717, 1.165) is 10.5 Å². The first-order valence-electron chi connectivity index (χ1n) is 11.6. The molecule has 4 rings (SSSR count). The van der Waals surface area contributed by atoms with Crippen LogP contribution < -0.4 is 20.1 Å². The number of nitrogens with zero attached hydrogens (tertiary/aromatic N) is 2. The second-order valence-corrected chi connectivity index (χ2v) is 8.95. The third-order valence-corrected chi connectivity index (χ3v) is 5.91. The van der Waals surface area contributed by atoms with E-state index in [1.54, 1.807) is 36.4 Å². The number of nitro benzene ring substituents is 1. The number of aryl methyl sites for hydroxylation is 1. The van der Waals surface area contributed by atoms with Gasteiger partial charge in [-0.1, -0.05) is 35.9 Å². The number of hydrogen-bond acceptors (Lipinski definition) is 7. The maximum absolute atomic E-state index is 12.9. The predicted molar refractivity (Wildman–Crippen MR) is 143 cm³/mol. The number of rotatable bonds is 9. The number of halogens is 1. The molecule has 1 saturated heterocycles. The third-order valence-electron chi connectivity index (χ3n) is 5.63. The summed E-state index contributed by atoms with van der Waals surface area (Å²) in [5.41, 5.74) is 2.36. The maximum Gasteiger partial charge on any atom is 0.329 e. The van der Waals surface area contributed by atoms with Crippen LogP contribution in [0.4, 0.5) is 16.2 Å². The van der Waals surface area contributed by atoms with Crippen LogP contribution in [0.25, 0.3) is 6.08 Å². The molecule has 0 atom stereocenters. The van der Waals surface area contributed by atoms with Crippen molar-refractivity contribution in [2.45, 2.75) is 13.5 Å². The molecule has 0 aromatic heterocycles. The van der Waals surface area contributed by atoms with E-state index in [4.69, 9.17) is 21.1 Å². The van der Waals surface area contributed by atoms with Gasteiger partial charge in [-0.15, -0.1) is 0 Å². The number of hydrogen-bond donors (Lipinski definition) is 2. The van der Waals surface area contributed by atoms with E-state index in [1.807, 2.05) is 13.0 Å². The van der Waals surface area contributed by atoms with Gasteiger partial charge >= 0.3 is 6.03 Å². The molecular weight excluding hydrogens is 528 g/mol. The van der Waals surface area contributed by atoms with E-state index in [-0.39, 0.29) is 34.5 Å². The predicted octanol–water partition coefficient (Wildman–Crippen LogP) is 4.68. The fourth-order valence-electron chi connectivity index (χ4n) is 3.83. The molecule has 0 radical (unpaired) electrons. The Labute approximate surface area is 228 Å². The molecule has 2 N–H and O–H groups in total. The van der Waals surface area contributed by atoms with Crippen molar-refractivity contribution in [3.05, 3.63) is 98.2 Å². The van der Waals surface area contributed by atoms with Crippen LogP contribution in [0.2, 0.25) is 5.02 Å². The molecule has 1 aliphatic heterocycles. The van der Waals surface area contributed by atoms with Crippen LogP contribution >= 0.6 is 11.6 Å². The van der Waals surface area contributed by atoms with Gasteiger partial charge in [-0.3, -0.25) is 19.7 Å². The minimum absolute atomic E-state index is 0.00763. The summed E-state index contributed by atoms with van der Waals surface area (Å²) < 4.78 is 11.2. The summed E-state index contributed by atoms with van der Waals surface area (Å²) in [6, 6.07) is 15.4. The molecule has 0 aliphatic carbocycles. The zero-order valence-corrected chi connectivity index (χ0v) is 21.7. The number of benzene rings is 3. The van der Waals surface area contributed by atoms with Crippen molar-refractivity contribution in [2.24, 2.45) is 0 Å². The number of anilines is 1. The SMILES string of the molecule is COc1cc(/C=C2/NC(=O)N(CC(=O)Nc3cccc(C)c3)C2=O)cc(Cl)c1OCc1cccc([N+](=O)[O-])c1. The van der Waals surface area contributed by atoms with Gasteiger partial charge in [0.05, 0.1) is 17.1 Å². The summed E-state index contributed by atoms with van der Waals surface area (Å²) in [5, 5.41) is 16.3. The van der Waals surface area contributed by atoms with Crippen molar-refractivity contribution in [2.75, 3.05) is 19.0 Å². The Balaban J connectivity index is 1.47. The highest BCUT2D eigenvalue weighted by Gasteiger charge is 2.35. The van der Waals surface area contributed by atoms with Gasteiger partial charge in [-0.05, 0) is 54.0 Å². The van der Waals surface area contributed by atoms with Crippen LogP contribution in [0.5, 0.6) is 11.5 Å². The number of nitrogens with one attached hydrogen (secondary N) is 2. The zero-order chi connectivity index (χ0) is 28.1. The quantitative estimate of drug-likeness (QED) is 0.171. The summed E-state index contributed by atoms with van der Waals surface area (Å²) in [7, 11) is 1.40. The Kier molecular flexibility index (Phi) is 8.11. The van der Waals surface area contributed by atoms with Crippen molar-refractivity contribution >= 4 is 46.9 Å². The third kappa shape index (κ3) is 6.51. The van der Waals surface area contributed by atoms with Gasteiger partial charge in [-0.25, -0.2) is 9.69 Å². The second-order valence-electron chi connectivity index (χ2n) is 8.55. The summed E-state index contributed by atoms with van der Waals surface area (Å²) in [6.07, 6.45) is 1.40. The molecule has 12 heteroatoms. The van der Waals surface area contributed by atoms with Crippen molar-refractivity contribution in [3.8, 4) is 11.5 Å². The van der Waals surface area contributed by atoms with Gasteiger partial charge in [0, 0.05) is 17.8 Å². The molecule has 1 aliphatic rings. The first-order chi connectivity index (χ1) is 18.6. The highest BCUT2D eigenvalue weighted by molar-refractivity contribution is 6.32. The molecule has 0 spiro atoms. The van der Waals surface area contributed by atoms with Crippen molar-refractivity contribution in [3.63, 3.8) is 0 Å². The first kappa shape index (κ1) is 27.1. The molecule has 3 aromatic carbocycles. The maximum atomic E-state index is 12.9. The minimum atomic E-state index is -0.736. The number of urea groups is 1. The number of ether oxygens (including phenoxy) is 2. The van der Waals surface area contributed by atoms with Crippen molar-refractivity contribution in [1.82, 2.24) is 10.2 Å². The fraction of sp³-hybridized carbons (Fsp3) is 0.148. The molecule has 200 valence electrons. The summed E-state index contributed by atoms with van der Waals surface area (Å²) >= 11 is 6.42. The molecule has 1 heterocycles. The number of non-ortho nitro benzene ring substituents is 1. The number of carbonyl (C=O) groups is 3. The Morgan fingerprint density at radius 1 is 1.15 bits per heavy atom. The van der Waals surface area contributed by atoms with Crippen LogP contribution in [0.1, 0.15) is 16.7 Å². The Morgan fingerprint density at radius 2 is 1.92 bits per heavy atom. The highest BCUT2D eigenvalue weighted by atomic mass is 35.5. The Hall–Kier alpha value is -4.90. The molecule has 1 fully saturated rings. The van der Waals surface area contributed by atoms with Crippen molar-refractivity contribution < 1.29 is 28.8 Å². The second kappa shape index (κ2) is 11.7. The van der Waals surface area contributed by atoms with E-state index in [0.29, 0.717) is 16.8 Å². The lowest BCUT2D eigenvalue weighted by Gasteiger charge is -2.14. The number of imide groups is 1. The number of methoxy groups -OCH3 is 1. The van der Waals surface area contributed by atoms with E-state index in [2.05, 4.69) is 10.6 Å². The molecule has 0 unspecified atom stereocenters. The van der Waals surface area contributed by atoms with Crippen LogP contribution in [0.3, 0.4) is 0 Å². The standard InChI is InChI=1S/C27H23ClN4O7/c1-16-5-3-7-19(9-16)29-24(33)14-31-26(34)22(30-27(31)35)12-18-11-21(28)25(23(13-18)38-2)39-15-17-6-4-8-20(10-17)32(36)37/h3-13H,14-15H2,1-2H3,(H,29,33)(H,30,35)/b22-12+. The van der Waals surface area contributed by atoms with Gasteiger partial charge < -0.3 is 20.1 Å². The number of carbonyl (C=O) groups excluding carboxylic acids is 3. The molecule has 39 heavy (non-hydrogen) atoms. The van der Waals surface area contributed by atoms with Crippen LogP contribution in [0, 0.1) is 17.0 Å². The van der Waals surface area contributed by atoms with Crippen LogP contribution in [-0.2, 0) is 16.2 Å². The zero-order valence-electron chi connectivity index (χ0n) is 20.9. The topological polar surface area (TPSA) is 140 Å². The summed E-state index contributed by atoms with van der Waals surface area (Å²) in [4.78, 5) is 49.0. The minimum Gasteiger partial charge on any atom is -0.493 e. The summed E-state index contributed by atoms with van der Waals surface area (Å²) in [5.74, 6) is -0.768. The normalized spacial score (nSPS) is 13.8. The van der Waals surface area contributed by atoms with Gasteiger partial charge in [-0.2, -0.15) is 0 Å². The smallest absolute Gasteiger partial charge is 0.329 e. The molecule has 3 aromatic rings. The lowest BCUT2D eigenvalue weighted by atomic mass is 10.1. The lowest BCUT2D eigenvalue weighted by molar-refractivity contribution is -0.384. The van der Waals surface area contributed by atoms with E-state index < -0.39 is 29.3 Å². The largest absolute Gasteiger partial charge is 0.493 e. The summed E-state index contributed by atoms with van der Waals surface area (Å²) in [6.45, 7) is 1.40. The monoisotopic (exact) mass is 550 g/mol. The average Bonchev–Trinajstić information content (AvgIpc) is 3.15. The van der Waals surface area contributed by atoms with E-state index in [9.17, 15) is 24.5 Å². The van der Waals surface area contributed by atoms with E-state index in [1.165, 1.54) is 31.4 Å². The molecular formula is C27H23ClN4O7. The van der Waals surface area contributed by atoms with Crippen molar-refractivity contribution in [1.29, 1.82) is 0 Å². The van der Waals surface area contributed by atoms with Gasteiger partial charge in [0.2, 0.25) is 5.91 Å². The van der Waals surface area contributed by atoms with Crippen LogP contribution in [-0.4, -0.2) is 41.3 Å². The molecule has 4 amide bonds. The first-order valence-corrected chi connectivity index (χ1v) is 12.0. The Morgan fingerprint density at radius 3 is 2.64 bits per heavy atom. The van der Waals surface area contributed by atoms with Gasteiger partial charge in [0.15, 0.2) is 11.5 Å². The Bertz CT molecular complexity index is 1510. The lowest BCUT2D eigenvalue weighted by Crippen LogP contribution is -2.38. The van der Waals surface area contributed by atoms with Gasteiger partial charge in [0.25, 0.3) is 11.6 Å². The highest BCUT2D eigenvalue weighted by Crippen LogP contribution is 2.38. The molecule has 0 bridgehead atoms. The fourth-order valence-corrected chi connectivity index (χ4v) is 4.10.